The van der Waals surface area contributed by atoms with Crippen molar-refractivity contribution in [3.05, 3.63) is 92.4 Å². The molecule has 0 bridgehead atoms. The van der Waals surface area contributed by atoms with E-state index in [0.29, 0.717) is 21.3 Å². The van der Waals surface area contributed by atoms with Gasteiger partial charge in [0.1, 0.15) is 5.75 Å². The lowest BCUT2D eigenvalue weighted by atomic mass is 10.2. The average molecular weight is 546 g/mol. The summed E-state index contributed by atoms with van der Waals surface area (Å²) in [6.07, 6.45) is 1.40. The number of amides is 1. The number of rotatable bonds is 7. The summed E-state index contributed by atoms with van der Waals surface area (Å²) in [4.78, 5) is 24.5. The lowest BCUT2D eigenvalue weighted by Crippen LogP contribution is -2.24. The largest absolute Gasteiger partial charge is 0.483 e. The van der Waals surface area contributed by atoms with Crippen LogP contribution in [0.25, 0.3) is 0 Å². The van der Waals surface area contributed by atoms with Gasteiger partial charge in [-0.05, 0) is 58.7 Å². The van der Waals surface area contributed by atoms with E-state index in [9.17, 15) is 9.59 Å². The van der Waals surface area contributed by atoms with Crippen molar-refractivity contribution in [1.82, 2.24) is 5.43 Å². The first-order chi connectivity index (χ1) is 14.9. The molecule has 0 atom stereocenters. The number of hydrogen-bond acceptors (Lipinski definition) is 5. The summed E-state index contributed by atoms with van der Waals surface area (Å²) in [5.74, 6) is -0.00999. The zero-order chi connectivity index (χ0) is 22.2. The molecule has 0 aliphatic heterocycles. The van der Waals surface area contributed by atoms with Crippen molar-refractivity contribution < 1.29 is 19.1 Å². The fourth-order valence-corrected chi connectivity index (χ4v) is 3.92. The molecule has 0 aliphatic rings. The molecule has 8 heteroatoms. The lowest BCUT2D eigenvalue weighted by molar-refractivity contribution is -0.123. The Morgan fingerprint density at radius 3 is 2.48 bits per heavy atom. The van der Waals surface area contributed by atoms with Crippen molar-refractivity contribution in [3.63, 3.8) is 0 Å². The van der Waals surface area contributed by atoms with Crippen LogP contribution in [0.15, 0.2) is 80.8 Å². The fraction of sp³-hybridized carbons (Fsp3) is 0.0870. The Hall–Kier alpha value is -2.97. The van der Waals surface area contributed by atoms with Gasteiger partial charge in [0.25, 0.3) is 5.91 Å². The second-order valence-corrected chi connectivity index (χ2v) is 8.18. The van der Waals surface area contributed by atoms with Gasteiger partial charge in [-0.25, -0.2) is 10.2 Å². The third kappa shape index (κ3) is 6.50. The maximum absolute atomic E-state index is 12.4. The second-order valence-electron chi connectivity index (χ2n) is 6.41. The monoisotopic (exact) mass is 544 g/mol. The molecule has 31 heavy (non-hydrogen) atoms. The molecule has 1 amide bonds. The first-order valence-electron chi connectivity index (χ1n) is 9.20. The van der Waals surface area contributed by atoms with Gasteiger partial charge in [0.05, 0.1) is 16.3 Å². The number of esters is 1. The molecular formula is C23H18Br2N2O4. The molecule has 0 aromatic heterocycles. The molecular weight excluding hydrogens is 528 g/mol. The Morgan fingerprint density at radius 1 is 1.03 bits per heavy atom. The Labute approximate surface area is 196 Å². The molecule has 0 saturated carbocycles. The minimum absolute atomic E-state index is 0.180. The molecule has 3 rings (SSSR count). The van der Waals surface area contributed by atoms with E-state index in [1.54, 1.807) is 42.5 Å². The minimum atomic E-state index is -0.506. The van der Waals surface area contributed by atoms with Gasteiger partial charge in [0.15, 0.2) is 12.4 Å². The van der Waals surface area contributed by atoms with Crippen LogP contribution >= 0.6 is 31.9 Å². The number of halogens is 2. The van der Waals surface area contributed by atoms with Crippen molar-refractivity contribution in [3.8, 4) is 11.5 Å². The first kappa shape index (κ1) is 22.7. The van der Waals surface area contributed by atoms with Crippen molar-refractivity contribution in [2.75, 3.05) is 6.61 Å². The van der Waals surface area contributed by atoms with Crippen molar-refractivity contribution in [1.29, 1.82) is 0 Å². The third-order valence-corrected chi connectivity index (χ3v) is 5.13. The molecule has 0 spiro atoms. The van der Waals surface area contributed by atoms with Gasteiger partial charge in [0, 0.05) is 10.0 Å². The number of carbonyl (C=O) groups is 2. The molecule has 0 radical (unpaired) electrons. The highest BCUT2D eigenvalue weighted by Crippen LogP contribution is 2.32. The van der Waals surface area contributed by atoms with Gasteiger partial charge < -0.3 is 9.47 Å². The maximum atomic E-state index is 12.4. The molecule has 6 nitrogen and oxygen atoms in total. The third-order valence-electron chi connectivity index (χ3n) is 4.09. The average Bonchev–Trinajstić information content (AvgIpc) is 2.76. The summed E-state index contributed by atoms with van der Waals surface area (Å²) in [5, 5.41) is 3.96. The van der Waals surface area contributed by atoms with E-state index in [1.807, 2.05) is 31.2 Å². The lowest BCUT2D eigenvalue weighted by Gasteiger charge is -2.11. The molecule has 3 aromatic rings. The number of ether oxygens (including phenoxy) is 2. The SMILES string of the molecule is Cc1ccccc1OCC(=O)N/N=C/c1cc(Br)cc(Br)c1OC(=O)c1ccccc1. The minimum Gasteiger partial charge on any atom is -0.483 e. The van der Waals surface area contributed by atoms with E-state index in [4.69, 9.17) is 9.47 Å². The molecule has 0 saturated heterocycles. The van der Waals surface area contributed by atoms with Crippen LogP contribution in [-0.2, 0) is 4.79 Å². The molecule has 0 heterocycles. The number of hydrazone groups is 1. The Morgan fingerprint density at radius 2 is 1.74 bits per heavy atom. The van der Waals surface area contributed by atoms with Gasteiger partial charge in [-0.3, -0.25) is 4.79 Å². The van der Waals surface area contributed by atoms with Crippen LogP contribution in [-0.4, -0.2) is 24.7 Å². The van der Waals surface area contributed by atoms with E-state index in [0.717, 1.165) is 10.0 Å². The predicted octanol–water partition coefficient (Wildman–Crippen LogP) is 5.27. The van der Waals surface area contributed by atoms with E-state index >= 15 is 0 Å². The van der Waals surface area contributed by atoms with Crippen molar-refractivity contribution in [2.24, 2.45) is 5.10 Å². The van der Waals surface area contributed by atoms with Gasteiger partial charge in [0.2, 0.25) is 0 Å². The number of hydrogen-bond donors (Lipinski definition) is 1. The standard InChI is InChI=1S/C23H18Br2N2O4/c1-15-7-5-6-10-20(15)30-14-21(28)27-26-13-17-11-18(24)12-19(25)22(17)31-23(29)16-8-3-2-4-9-16/h2-13H,14H2,1H3,(H,27,28)/b26-13+. The van der Waals surface area contributed by atoms with Crippen LogP contribution in [0.1, 0.15) is 21.5 Å². The van der Waals surface area contributed by atoms with Crippen molar-refractivity contribution in [2.45, 2.75) is 6.92 Å². The van der Waals surface area contributed by atoms with Gasteiger partial charge in [-0.2, -0.15) is 5.10 Å². The summed E-state index contributed by atoms with van der Waals surface area (Å²) in [6, 6.07) is 19.5. The summed E-state index contributed by atoms with van der Waals surface area (Å²) < 4.78 is 12.4. The zero-order valence-electron chi connectivity index (χ0n) is 16.5. The summed E-state index contributed by atoms with van der Waals surface area (Å²) in [6.45, 7) is 1.72. The maximum Gasteiger partial charge on any atom is 0.343 e. The number of carbonyl (C=O) groups excluding carboxylic acids is 2. The normalized spacial score (nSPS) is 10.7. The van der Waals surface area contributed by atoms with Gasteiger partial charge >= 0.3 is 5.97 Å². The van der Waals surface area contributed by atoms with Crippen LogP contribution in [0.4, 0.5) is 0 Å². The molecule has 0 unspecified atom stereocenters. The second kappa shape index (κ2) is 10.9. The highest BCUT2D eigenvalue weighted by Gasteiger charge is 2.15. The van der Waals surface area contributed by atoms with E-state index in [-0.39, 0.29) is 12.4 Å². The van der Waals surface area contributed by atoms with E-state index in [2.05, 4.69) is 42.4 Å². The highest BCUT2D eigenvalue weighted by atomic mass is 79.9. The van der Waals surface area contributed by atoms with Crippen LogP contribution in [0.3, 0.4) is 0 Å². The number of benzene rings is 3. The number of nitrogens with one attached hydrogen (secondary N) is 1. The summed E-state index contributed by atoms with van der Waals surface area (Å²) in [7, 11) is 0. The van der Waals surface area contributed by atoms with Crippen LogP contribution in [0, 0.1) is 6.92 Å². The van der Waals surface area contributed by atoms with Gasteiger partial charge in [-0.15, -0.1) is 0 Å². The topological polar surface area (TPSA) is 77.0 Å². The first-order valence-corrected chi connectivity index (χ1v) is 10.8. The quantitative estimate of drug-likeness (QED) is 0.190. The van der Waals surface area contributed by atoms with E-state index in [1.165, 1.54) is 6.21 Å². The zero-order valence-corrected chi connectivity index (χ0v) is 19.6. The Kier molecular flexibility index (Phi) is 7.97. The summed E-state index contributed by atoms with van der Waals surface area (Å²) >= 11 is 6.80. The van der Waals surface area contributed by atoms with E-state index < -0.39 is 11.9 Å². The van der Waals surface area contributed by atoms with Gasteiger partial charge in [-0.1, -0.05) is 52.3 Å². The number of para-hydroxylation sites is 1. The van der Waals surface area contributed by atoms with Crippen LogP contribution < -0.4 is 14.9 Å². The van der Waals surface area contributed by atoms with Crippen LogP contribution in [0.5, 0.6) is 11.5 Å². The molecule has 158 valence electrons. The Bertz CT molecular complexity index is 1120. The fourth-order valence-electron chi connectivity index (χ4n) is 2.58. The smallest absolute Gasteiger partial charge is 0.343 e. The van der Waals surface area contributed by atoms with Crippen LogP contribution in [0.2, 0.25) is 0 Å². The molecule has 1 N–H and O–H groups in total. The summed E-state index contributed by atoms with van der Waals surface area (Å²) in [5.41, 5.74) is 4.25. The highest BCUT2D eigenvalue weighted by molar-refractivity contribution is 9.11. The number of aryl methyl sites for hydroxylation is 1. The molecule has 0 aliphatic carbocycles. The van der Waals surface area contributed by atoms with Crippen molar-refractivity contribution >= 4 is 50.0 Å². The molecule has 3 aromatic carbocycles. The molecule has 0 fully saturated rings. The number of nitrogens with zero attached hydrogens (tertiary/aromatic N) is 1. The Balaban J connectivity index is 1.67. The predicted molar refractivity (Wildman–Crippen MR) is 126 cm³/mol.